The topological polar surface area (TPSA) is 43.1 Å². The molecule has 25 heavy (non-hydrogen) atoms. The molecule has 0 atom stereocenters. The lowest BCUT2D eigenvalue weighted by molar-refractivity contribution is 0.887. The first kappa shape index (κ1) is 15.6. The van der Waals surface area contributed by atoms with E-state index in [0.717, 1.165) is 22.2 Å². The van der Waals surface area contributed by atoms with E-state index in [2.05, 4.69) is 51.5 Å². The van der Waals surface area contributed by atoms with Gasteiger partial charge in [0.2, 0.25) is 5.16 Å². The third-order valence-corrected chi connectivity index (χ3v) is 4.50. The Morgan fingerprint density at radius 2 is 1.68 bits per heavy atom. The third kappa shape index (κ3) is 3.61. The zero-order valence-corrected chi connectivity index (χ0v) is 14.3. The summed E-state index contributed by atoms with van der Waals surface area (Å²) in [5, 5.41) is 5.34. The molecule has 0 N–H and O–H groups in total. The summed E-state index contributed by atoms with van der Waals surface area (Å²) in [5.41, 5.74) is 3.28. The molecule has 0 aliphatic heterocycles. The molecule has 0 saturated heterocycles. The van der Waals surface area contributed by atoms with Crippen LogP contribution < -0.4 is 0 Å². The summed E-state index contributed by atoms with van der Waals surface area (Å²) in [6, 6.07) is 22.4. The van der Waals surface area contributed by atoms with E-state index in [0.29, 0.717) is 5.78 Å². The zero-order chi connectivity index (χ0) is 16.9. The Hall–Kier alpha value is -2.92. The Kier molecular flexibility index (Phi) is 4.57. The molecule has 4 nitrogen and oxygen atoms in total. The van der Waals surface area contributed by atoms with Crippen LogP contribution in [-0.2, 0) is 0 Å². The molecule has 0 aliphatic carbocycles. The molecule has 5 heteroatoms. The Labute approximate surface area is 150 Å². The Bertz CT molecular complexity index is 994. The maximum absolute atomic E-state index is 4.61. The fraction of sp³-hybridized carbons (Fsp3) is 0.0500. The molecule has 0 radical (unpaired) electrons. The first-order valence-corrected chi connectivity index (χ1v) is 9.00. The van der Waals surface area contributed by atoms with Gasteiger partial charge in [-0.25, -0.2) is 4.98 Å². The zero-order valence-electron chi connectivity index (χ0n) is 13.5. The summed E-state index contributed by atoms with van der Waals surface area (Å²) >= 11 is 1.60. The average molecular weight is 344 g/mol. The van der Waals surface area contributed by atoms with Crippen LogP contribution in [0.3, 0.4) is 0 Å². The third-order valence-electron chi connectivity index (χ3n) is 3.71. The maximum atomic E-state index is 4.61. The molecule has 0 bridgehead atoms. The minimum atomic E-state index is 0.621. The second kappa shape index (κ2) is 7.32. The van der Waals surface area contributed by atoms with Gasteiger partial charge in [-0.2, -0.15) is 9.50 Å². The lowest BCUT2D eigenvalue weighted by atomic mass is 10.1. The van der Waals surface area contributed by atoms with Gasteiger partial charge in [-0.3, -0.25) is 0 Å². The highest BCUT2D eigenvalue weighted by Crippen LogP contribution is 2.21. The fourth-order valence-electron chi connectivity index (χ4n) is 2.54. The van der Waals surface area contributed by atoms with Crippen LogP contribution >= 0.6 is 11.8 Å². The Balaban J connectivity index is 1.53. The number of benzene rings is 2. The van der Waals surface area contributed by atoms with E-state index in [1.165, 1.54) is 5.56 Å². The van der Waals surface area contributed by atoms with Crippen molar-refractivity contribution in [2.45, 2.75) is 5.16 Å². The van der Waals surface area contributed by atoms with Crippen molar-refractivity contribution in [3.8, 4) is 11.3 Å². The van der Waals surface area contributed by atoms with E-state index in [4.69, 9.17) is 0 Å². The molecule has 4 rings (SSSR count). The fourth-order valence-corrected chi connectivity index (χ4v) is 3.16. The van der Waals surface area contributed by atoms with E-state index in [-0.39, 0.29) is 0 Å². The molecular weight excluding hydrogens is 328 g/mol. The molecule has 4 aromatic rings. The number of nitrogens with zero attached hydrogens (tertiary/aromatic N) is 4. The average Bonchev–Trinajstić information content (AvgIpc) is 3.10. The molecule has 122 valence electrons. The van der Waals surface area contributed by atoms with E-state index in [1.807, 2.05) is 42.5 Å². The quantitative estimate of drug-likeness (QED) is 0.496. The SMILES string of the molecule is C(=C\c1ccccc1)/CSc1nc2nccc(-c3ccccc3)n2n1. The van der Waals surface area contributed by atoms with Gasteiger partial charge in [0.05, 0.1) is 5.69 Å². The van der Waals surface area contributed by atoms with Crippen LogP contribution in [0, 0.1) is 0 Å². The molecule has 2 heterocycles. The molecule has 0 spiro atoms. The predicted molar refractivity (Wildman–Crippen MR) is 102 cm³/mol. The van der Waals surface area contributed by atoms with Crippen molar-refractivity contribution in [3.05, 3.63) is 84.6 Å². The van der Waals surface area contributed by atoms with E-state index in [1.54, 1.807) is 22.5 Å². The van der Waals surface area contributed by atoms with Gasteiger partial charge in [0.1, 0.15) is 0 Å². The Morgan fingerprint density at radius 1 is 0.920 bits per heavy atom. The maximum Gasteiger partial charge on any atom is 0.253 e. The number of hydrogen-bond acceptors (Lipinski definition) is 4. The molecule has 0 unspecified atom stereocenters. The molecule has 0 aliphatic rings. The van der Waals surface area contributed by atoms with Gasteiger partial charge < -0.3 is 0 Å². The minimum absolute atomic E-state index is 0.621. The van der Waals surface area contributed by atoms with Crippen molar-refractivity contribution >= 4 is 23.6 Å². The van der Waals surface area contributed by atoms with E-state index in [9.17, 15) is 0 Å². The van der Waals surface area contributed by atoms with E-state index < -0.39 is 0 Å². The van der Waals surface area contributed by atoms with Crippen LogP contribution in [0.25, 0.3) is 23.1 Å². The van der Waals surface area contributed by atoms with Crippen molar-refractivity contribution in [1.82, 2.24) is 19.6 Å². The number of hydrogen-bond donors (Lipinski definition) is 0. The molecule has 0 saturated carbocycles. The van der Waals surface area contributed by atoms with Crippen molar-refractivity contribution in [2.24, 2.45) is 0 Å². The number of aromatic nitrogens is 4. The first-order chi connectivity index (χ1) is 12.4. The summed E-state index contributed by atoms with van der Waals surface area (Å²) in [7, 11) is 0. The molecule has 0 amide bonds. The summed E-state index contributed by atoms with van der Waals surface area (Å²) in [6.07, 6.45) is 6.00. The second-order valence-corrected chi connectivity index (χ2v) is 6.41. The van der Waals surface area contributed by atoms with Crippen molar-refractivity contribution in [1.29, 1.82) is 0 Å². The van der Waals surface area contributed by atoms with Gasteiger partial charge in [-0.1, -0.05) is 84.6 Å². The number of fused-ring (bicyclic) bond motifs is 1. The van der Waals surface area contributed by atoms with Crippen molar-refractivity contribution in [3.63, 3.8) is 0 Å². The van der Waals surface area contributed by atoms with Crippen LogP contribution in [0.1, 0.15) is 5.56 Å². The summed E-state index contributed by atoms with van der Waals surface area (Å²) in [5.74, 6) is 1.43. The molecular formula is C20H16N4S. The summed E-state index contributed by atoms with van der Waals surface area (Å²) < 4.78 is 1.80. The van der Waals surface area contributed by atoms with Crippen LogP contribution in [0.5, 0.6) is 0 Å². The van der Waals surface area contributed by atoms with Gasteiger partial charge in [-0.15, -0.1) is 5.10 Å². The van der Waals surface area contributed by atoms with Crippen LogP contribution in [0.2, 0.25) is 0 Å². The van der Waals surface area contributed by atoms with Crippen LogP contribution in [0.4, 0.5) is 0 Å². The van der Waals surface area contributed by atoms with Gasteiger partial charge >= 0.3 is 0 Å². The smallest absolute Gasteiger partial charge is 0.220 e. The molecule has 0 fully saturated rings. The highest BCUT2D eigenvalue weighted by molar-refractivity contribution is 7.99. The van der Waals surface area contributed by atoms with Crippen LogP contribution in [-0.4, -0.2) is 25.3 Å². The minimum Gasteiger partial charge on any atom is -0.220 e. The Morgan fingerprint density at radius 3 is 2.48 bits per heavy atom. The normalized spacial score (nSPS) is 11.4. The van der Waals surface area contributed by atoms with Crippen LogP contribution in [0.15, 0.2) is 84.2 Å². The lowest BCUT2D eigenvalue weighted by Crippen LogP contribution is -1.95. The number of rotatable bonds is 5. The summed E-state index contributed by atoms with van der Waals surface area (Å²) in [6.45, 7) is 0. The second-order valence-electron chi connectivity index (χ2n) is 5.43. The van der Waals surface area contributed by atoms with Gasteiger partial charge in [-0.05, 0) is 11.6 Å². The molecule has 2 aromatic carbocycles. The highest BCUT2D eigenvalue weighted by Gasteiger charge is 2.09. The highest BCUT2D eigenvalue weighted by atomic mass is 32.2. The van der Waals surface area contributed by atoms with Crippen molar-refractivity contribution in [2.75, 3.05) is 5.75 Å². The van der Waals surface area contributed by atoms with Crippen molar-refractivity contribution < 1.29 is 0 Å². The van der Waals surface area contributed by atoms with Gasteiger partial charge in [0, 0.05) is 17.5 Å². The first-order valence-electron chi connectivity index (χ1n) is 8.02. The lowest BCUT2D eigenvalue weighted by Gasteiger charge is -2.02. The molecule has 2 aromatic heterocycles. The number of thioether (sulfide) groups is 1. The summed E-state index contributed by atoms with van der Waals surface area (Å²) in [4.78, 5) is 8.84. The van der Waals surface area contributed by atoms with Gasteiger partial charge in [0.15, 0.2) is 0 Å². The van der Waals surface area contributed by atoms with E-state index >= 15 is 0 Å². The monoisotopic (exact) mass is 344 g/mol. The van der Waals surface area contributed by atoms with Gasteiger partial charge in [0.25, 0.3) is 5.78 Å². The standard InChI is InChI=1S/C20H16N4S/c1-3-8-16(9-4-1)10-7-15-25-20-22-19-21-14-13-18(24(19)23-20)17-11-5-2-6-12-17/h1-14H,15H2/b10-7+. The largest absolute Gasteiger partial charge is 0.253 e. The predicted octanol–water partition coefficient (Wildman–Crippen LogP) is 4.60.